The fraction of sp³-hybridized carbons (Fsp3) is 0.455. The smallest absolute Gasteiger partial charge is 0.237 e. The predicted molar refractivity (Wildman–Crippen MR) is 63.1 cm³/mol. The monoisotopic (exact) mass is 233 g/mol. The quantitative estimate of drug-likeness (QED) is 0.769. The summed E-state index contributed by atoms with van der Waals surface area (Å²) in [4.78, 5) is 12.7. The van der Waals surface area contributed by atoms with Crippen molar-refractivity contribution in [2.24, 2.45) is 5.73 Å². The molecule has 0 aliphatic rings. The first kappa shape index (κ1) is 12.9. The molecule has 1 aromatic rings. The van der Waals surface area contributed by atoms with E-state index in [9.17, 15) is 4.79 Å². The predicted octanol–water partition coefficient (Wildman–Crippen LogP) is 0.440. The van der Waals surface area contributed by atoms with Gasteiger partial charge in [-0.05, 0) is 12.5 Å². The van der Waals surface area contributed by atoms with Crippen LogP contribution in [0.3, 0.4) is 0 Å². The first-order valence-electron chi connectivity index (χ1n) is 5.44. The number of carbonyl (C=O) groups is 1. The molecule has 0 fully saturated rings. The van der Waals surface area contributed by atoms with Gasteiger partial charge in [-0.3, -0.25) is 4.79 Å². The molecule has 6 nitrogen and oxygen atoms in total. The zero-order chi connectivity index (χ0) is 12.7. The maximum atomic E-state index is 11.0. The van der Waals surface area contributed by atoms with Crippen LogP contribution in [0, 0.1) is 11.3 Å². The highest BCUT2D eigenvalue weighted by molar-refractivity contribution is 5.79. The van der Waals surface area contributed by atoms with E-state index in [1.807, 2.05) is 13.0 Å². The molecule has 6 heteroatoms. The van der Waals surface area contributed by atoms with Crippen molar-refractivity contribution in [3.63, 3.8) is 0 Å². The summed E-state index contributed by atoms with van der Waals surface area (Å²) in [5.74, 6) is -0.0297. The molecular formula is C11H15N5O. The summed E-state index contributed by atoms with van der Waals surface area (Å²) < 4.78 is 0. The number of aromatic nitrogens is 2. The Morgan fingerprint density at radius 3 is 3.00 bits per heavy atom. The molecule has 1 rings (SSSR count). The zero-order valence-electron chi connectivity index (χ0n) is 9.76. The lowest BCUT2D eigenvalue weighted by molar-refractivity contribution is -0.116. The lowest BCUT2D eigenvalue weighted by Crippen LogP contribution is -2.35. The third-order valence-electron chi connectivity index (χ3n) is 2.25. The van der Waals surface area contributed by atoms with Crippen LogP contribution in [0.15, 0.2) is 12.3 Å². The van der Waals surface area contributed by atoms with E-state index in [0.29, 0.717) is 17.9 Å². The maximum Gasteiger partial charge on any atom is 0.237 e. The second-order valence-corrected chi connectivity index (χ2v) is 3.62. The molecule has 0 aliphatic carbocycles. The van der Waals surface area contributed by atoms with Crippen LogP contribution in [0.2, 0.25) is 0 Å². The van der Waals surface area contributed by atoms with Gasteiger partial charge in [0.1, 0.15) is 6.07 Å². The van der Waals surface area contributed by atoms with Gasteiger partial charge in [-0.2, -0.15) is 10.4 Å². The molecular weight excluding hydrogens is 218 g/mol. The van der Waals surface area contributed by atoms with E-state index in [1.165, 1.54) is 6.20 Å². The van der Waals surface area contributed by atoms with E-state index < -0.39 is 5.91 Å². The summed E-state index contributed by atoms with van der Waals surface area (Å²) in [6.07, 6.45) is 3.33. The molecule has 0 saturated carbocycles. The number of nitriles is 1. The van der Waals surface area contributed by atoms with E-state index in [-0.39, 0.29) is 6.54 Å². The molecule has 0 spiro atoms. The molecule has 17 heavy (non-hydrogen) atoms. The minimum atomic E-state index is -0.448. The maximum absolute atomic E-state index is 11.0. The molecule has 0 aliphatic heterocycles. The highest BCUT2D eigenvalue weighted by Crippen LogP contribution is 2.15. The van der Waals surface area contributed by atoms with Crippen molar-refractivity contribution in [1.82, 2.24) is 10.2 Å². The molecule has 1 heterocycles. The molecule has 0 aromatic carbocycles. The third-order valence-corrected chi connectivity index (χ3v) is 2.25. The molecule has 0 unspecified atom stereocenters. The summed E-state index contributed by atoms with van der Waals surface area (Å²) >= 11 is 0. The van der Waals surface area contributed by atoms with Gasteiger partial charge in [-0.15, -0.1) is 5.10 Å². The third kappa shape index (κ3) is 3.72. The van der Waals surface area contributed by atoms with Crippen molar-refractivity contribution >= 4 is 11.7 Å². The molecule has 0 saturated heterocycles. The number of nitrogens with zero attached hydrogens (tertiary/aromatic N) is 4. The largest absolute Gasteiger partial charge is 0.368 e. The number of hydrogen-bond acceptors (Lipinski definition) is 5. The van der Waals surface area contributed by atoms with Crippen LogP contribution in [0.4, 0.5) is 5.82 Å². The van der Waals surface area contributed by atoms with Gasteiger partial charge in [0.2, 0.25) is 5.91 Å². The van der Waals surface area contributed by atoms with Crippen molar-refractivity contribution in [3.8, 4) is 6.07 Å². The van der Waals surface area contributed by atoms with E-state index >= 15 is 0 Å². The van der Waals surface area contributed by atoms with Crippen LogP contribution < -0.4 is 10.6 Å². The van der Waals surface area contributed by atoms with Crippen LogP contribution in [-0.2, 0) is 4.79 Å². The van der Waals surface area contributed by atoms with Crippen LogP contribution >= 0.6 is 0 Å². The first-order valence-corrected chi connectivity index (χ1v) is 5.44. The van der Waals surface area contributed by atoms with Crippen LogP contribution in [0.1, 0.15) is 25.3 Å². The number of nitrogens with two attached hydrogens (primary N) is 1. The highest BCUT2D eigenvalue weighted by atomic mass is 16.1. The van der Waals surface area contributed by atoms with Crippen molar-refractivity contribution in [3.05, 3.63) is 17.8 Å². The number of hydrogen-bond donors (Lipinski definition) is 1. The number of carbonyl (C=O) groups excluding carboxylic acids is 1. The lowest BCUT2D eigenvalue weighted by Gasteiger charge is -2.21. The minimum Gasteiger partial charge on any atom is -0.368 e. The fourth-order valence-corrected chi connectivity index (χ4v) is 1.44. The van der Waals surface area contributed by atoms with Gasteiger partial charge >= 0.3 is 0 Å². The van der Waals surface area contributed by atoms with Gasteiger partial charge in [-0.1, -0.05) is 13.3 Å². The van der Waals surface area contributed by atoms with Gasteiger partial charge in [0.05, 0.1) is 18.3 Å². The molecule has 90 valence electrons. The molecule has 0 atom stereocenters. The van der Waals surface area contributed by atoms with Crippen molar-refractivity contribution < 1.29 is 4.79 Å². The molecule has 0 bridgehead atoms. The second-order valence-electron chi connectivity index (χ2n) is 3.62. The van der Waals surface area contributed by atoms with Crippen LogP contribution in [-0.4, -0.2) is 29.2 Å². The molecule has 2 N–H and O–H groups in total. The number of amides is 1. The first-order chi connectivity index (χ1) is 8.19. The Hall–Kier alpha value is -2.16. The van der Waals surface area contributed by atoms with Crippen LogP contribution in [0.25, 0.3) is 0 Å². The zero-order valence-corrected chi connectivity index (χ0v) is 9.76. The van der Waals surface area contributed by atoms with E-state index in [0.717, 1.165) is 12.8 Å². The second kappa shape index (κ2) is 6.43. The van der Waals surface area contributed by atoms with Crippen molar-refractivity contribution in [1.29, 1.82) is 5.26 Å². The Balaban J connectivity index is 2.95. The van der Waals surface area contributed by atoms with E-state index in [1.54, 1.807) is 11.0 Å². The van der Waals surface area contributed by atoms with E-state index in [2.05, 4.69) is 10.2 Å². The molecule has 0 radical (unpaired) electrons. The Morgan fingerprint density at radius 2 is 2.41 bits per heavy atom. The lowest BCUT2D eigenvalue weighted by atomic mass is 10.2. The van der Waals surface area contributed by atoms with Gasteiger partial charge in [0.25, 0.3) is 0 Å². The Bertz CT molecular complexity index is 426. The summed E-state index contributed by atoms with van der Waals surface area (Å²) in [6.45, 7) is 2.73. The number of primary amides is 1. The van der Waals surface area contributed by atoms with E-state index in [4.69, 9.17) is 11.0 Å². The highest BCUT2D eigenvalue weighted by Gasteiger charge is 2.14. The normalized spacial score (nSPS) is 9.65. The average Bonchev–Trinajstić information content (AvgIpc) is 2.34. The van der Waals surface area contributed by atoms with Gasteiger partial charge in [0, 0.05) is 6.54 Å². The number of rotatable bonds is 6. The summed E-state index contributed by atoms with van der Waals surface area (Å²) in [5, 5.41) is 16.6. The summed E-state index contributed by atoms with van der Waals surface area (Å²) in [6, 6.07) is 3.60. The van der Waals surface area contributed by atoms with Gasteiger partial charge in [-0.25, -0.2) is 0 Å². The van der Waals surface area contributed by atoms with Gasteiger partial charge in [0.15, 0.2) is 5.82 Å². The average molecular weight is 233 g/mol. The van der Waals surface area contributed by atoms with Crippen LogP contribution in [0.5, 0.6) is 0 Å². The topological polar surface area (TPSA) is 95.9 Å². The SMILES string of the molecule is CCCCN(CC(N)=O)c1nnccc1C#N. The Labute approximate surface area is 100 Å². The summed E-state index contributed by atoms with van der Waals surface area (Å²) in [7, 11) is 0. The summed E-state index contributed by atoms with van der Waals surface area (Å²) in [5.41, 5.74) is 5.58. The Morgan fingerprint density at radius 1 is 1.65 bits per heavy atom. The fourth-order valence-electron chi connectivity index (χ4n) is 1.44. The minimum absolute atomic E-state index is 0.0490. The number of unbranched alkanes of at least 4 members (excludes halogenated alkanes) is 1. The Kier molecular flexibility index (Phi) is 4.88. The van der Waals surface area contributed by atoms with Crippen molar-refractivity contribution in [2.45, 2.75) is 19.8 Å². The number of anilines is 1. The molecule has 1 aromatic heterocycles. The molecule has 1 amide bonds. The van der Waals surface area contributed by atoms with Crippen molar-refractivity contribution in [2.75, 3.05) is 18.0 Å². The standard InChI is InChI=1S/C11H15N5O/c1-2-3-6-16(8-10(13)17)11-9(7-12)4-5-14-15-11/h4-5H,2-3,6,8H2,1H3,(H2,13,17). The van der Waals surface area contributed by atoms with Gasteiger partial charge < -0.3 is 10.6 Å².